The van der Waals surface area contributed by atoms with E-state index in [1.165, 1.54) is 0 Å². The van der Waals surface area contributed by atoms with Crippen LogP contribution in [-0.2, 0) is 11.3 Å². The van der Waals surface area contributed by atoms with Crippen LogP contribution in [0.1, 0.15) is 20.8 Å². The summed E-state index contributed by atoms with van der Waals surface area (Å²) in [6.45, 7) is 8.59. The van der Waals surface area contributed by atoms with Crippen LogP contribution in [0, 0.1) is 0 Å². The summed E-state index contributed by atoms with van der Waals surface area (Å²) in [5.41, 5.74) is 0. The monoisotopic (exact) mass is 197 g/mol. The molecule has 4 heteroatoms. The lowest BCUT2D eigenvalue weighted by atomic mass is 10.4. The zero-order valence-electron chi connectivity index (χ0n) is 9.16. The molecule has 0 saturated heterocycles. The number of rotatable bonds is 6. The molecule has 1 aromatic rings. The van der Waals surface area contributed by atoms with Crippen LogP contribution < -0.4 is 5.32 Å². The highest BCUT2D eigenvalue weighted by Gasteiger charge is 2.05. The van der Waals surface area contributed by atoms with E-state index in [4.69, 9.17) is 4.74 Å². The number of anilines is 1. The maximum Gasteiger partial charge on any atom is 0.203 e. The molecule has 0 aliphatic carbocycles. The molecule has 1 atom stereocenters. The molecule has 1 aromatic heterocycles. The van der Waals surface area contributed by atoms with Crippen LogP contribution in [-0.4, -0.2) is 28.8 Å². The van der Waals surface area contributed by atoms with Crippen LogP contribution in [0.2, 0.25) is 0 Å². The maximum atomic E-state index is 5.32. The van der Waals surface area contributed by atoms with Crippen LogP contribution in [0.5, 0.6) is 0 Å². The van der Waals surface area contributed by atoms with Gasteiger partial charge in [0, 0.05) is 31.6 Å². The van der Waals surface area contributed by atoms with Crippen molar-refractivity contribution in [1.29, 1.82) is 0 Å². The minimum atomic E-state index is 0.294. The summed E-state index contributed by atoms with van der Waals surface area (Å²) in [5.74, 6) is 0.916. The lowest BCUT2D eigenvalue weighted by Gasteiger charge is -2.14. The Morgan fingerprint density at radius 1 is 1.57 bits per heavy atom. The Morgan fingerprint density at radius 3 is 3.00 bits per heavy atom. The number of nitrogens with zero attached hydrogens (tertiary/aromatic N) is 2. The standard InChI is InChI=1S/C10H19N3O/c1-4-13-7-6-11-10(13)12-9(3)8-14-5-2/h6-7,9H,4-5,8H2,1-3H3,(H,11,12). The van der Waals surface area contributed by atoms with Crippen LogP contribution in [0.3, 0.4) is 0 Å². The molecular weight excluding hydrogens is 178 g/mol. The summed E-state index contributed by atoms with van der Waals surface area (Å²) in [5, 5.41) is 3.30. The first-order valence-electron chi connectivity index (χ1n) is 5.13. The molecule has 0 radical (unpaired) electrons. The molecule has 0 aromatic carbocycles. The lowest BCUT2D eigenvalue weighted by Crippen LogP contribution is -2.23. The summed E-state index contributed by atoms with van der Waals surface area (Å²) in [7, 11) is 0. The molecule has 0 aliphatic heterocycles. The first-order valence-corrected chi connectivity index (χ1v) is 5.13. The van der Waals surface area contributed by atoms with Crippen molar-refractivity contribution in [2.45, 2.75) is 33.4 Å². The van der Waals surface area contributed by atoms with E-state index in [2.05, 4.69) is 28.7 Å². The Labute approximate surface area is 85.3 Å². The molecule has 0 spiro atoms. The second-order valence-corrected chi connectivity index (χ2v) is 3.24. The zero-order valence-corrected chi connectivity index (χ0v) is 9.16. The molecule has 80 valence electrons. The molecule has 0 aliphatic rings. The first kappa shape index (κ1) is 11.0. The van der Waals surface area contributed by atoms with Crippen molar-refractivity contribution in [1.82, 2.24) is 9.55 Å². The number of hydrogen-bond acceptors (Lipinski definition) is 3. The summed E-state index contributed by atoms with van der Waals surface area (Å²) in [6, 6.07) is 0.294. The Bertz CT molecular complexity index is 260. The van der Waals surface area contributed by atoms with E-state index in [-0.39, 0.29) is 0 Å². The molecule has 0 bridgehead atoms. The molecule has 0 amide bonds. The van der Waals surface area contributed by atoms with Crippen molar-refractivity contribution in [3.8, 4) is 0 Å². The van der Waals surface area contributed by atoms with Gasteiger partial charge in [-0.25, -0.2) is 4.98 Å². The average molecular weight is 197 g/mol. The average Bonchev–Trinajstić information content (AvgIpc) is 2.62. The van der Waals surface area contributed by atoms with Gasteiger partial charge in [-0.3, -0.25) is 0 Å². The minimum absolute atomic E-state index is 0.294. The van der Waals surface area contributed by atoms with Gasteiger partial charge in [0.25, 0.3) is 0 Å². The van der Waals surface area contributed by atoms with Gasteiger partial charge in [0.1, 0.15) is 0 Å². The van der Waals surface area contributed by atoms with Crippen LogP contribution >= 0.6 is 0 Å². The third-order valence-electron chi connectivity index (χ3n) is 2.00. The molecule has 1 heterocycles. The zero-order chi connectivity index (χ0) is 10.4. The van der Waals surface area contributed by atoms with Crippen molar-refractivity contribution in [2.24, 2.45) is 0 Å². The number of aromatic nitrogens is 2. The van der Waals surface area contributed by atoms with Gasteiger partial charge < -0.3 is 14.6 Å². The minimum Gasteiger partial charge on any atom is -0.380 e. The molecule has 14 heavy (non-hydrogen) atoms. The predicted molar refractivity (Wildman–Crippen MR) is 57.5 cm³/mol. The number of nitrogens with one attached hydrogen (secondary N) is 1. The van der Waals surface area contributed by atoms with Gasteiger partial charge in [0.05, 0.1) is 6.61 Å². The van der Waals surface area contributed by atoms with Gasteiger partial charge >= 0.3 is 0 Å². The van der Waals surface area contributed by atoms with E-state index in [1.54, 1.807) is 6.20 Å². The van der Waals surface area contributed by atoms with Gasteiger partial charge in [-0.1, -0.05) is 0 Å². The SMILES string of the molecule is CCOCC(C)Nc1nccn1CC. The predicted octanol–water partition coefficient (Wildman–Crippen LogP) is 1.74. The molecule has 4 nitrogen and oxygen atoms in total. The molecule has 1 unspecified atom stereocenters. The normalized spacial score (nSPS) is 12.8. The third kappa shape index (κ3) is 3.03. The van der Waals surface area contributed by atoms with Crippen molar-refractivity contribution < 1.29 is 4.74 Å². The fourth-order valence-electron chi connectivity index (χ4n) is 1.26. The van der Waals surface area contributed by atoms with E-state index >= 15 is 0 Å². The van der Waals surface area contributed by atoms with Crippen molar-refractivity contribution in [3.63, 3.8) is 0 Å². The maximum absolute atomic E-state index is 5.32. The Kier molecular flexibility index (Phi) is 4.46. The summed E-state index contributed by atoms with van der Waals surface area (Å²) in [6.07, 6.45) is 3.77. The smallest absolute Gasteiger partial charge is 0.203 e. The van der Waals surface area contributed by atoms with Crippen molar-refractivity contribution >= 4 is 5.95 Å². The summed E-state index contributed by atoms with van der Waals surface area (Å²) < 4.78 is 7.39. The van der Waals surface area contributed by atoms with Gasteiger partial charge in [0.15, 0.2) is 0 Å². The molecular formula is C10H19N3O. The van der Waals surface area contributed by atoms with Crippen molar-refractivity contribution in [3.05, 3.63) is 12.4 Å². The van der Waals surface area contributed by atoms with E-state index in [0.29, 0.717) is 12.6 Å². The van der Waals surface area contributed by atoms with E-state index in [0.717, 1.165) is 19.1 Å². The number of ether oxygens (including phenoxy) is 1. The largest absolute Gasteiger partial charge is 0.380 e. The number of aryl methyl sites for hydroxylation is 1. The molecule has 0 saturated carbocycles. The van der Waals surface area contributed by atoms with Crippen molar-refractivity contribution in [2.75, 3.05) is 18.5 Å². The Morgan fingerprint density at radius 2 is 2.36 bits per heavy atom. The Balaban J connectivity index is 2.42. The summed E-state index contributed by atoms with van der Waals surface area (Å²) >= 11 is 0. The van der Waals surface area contributed by atoms with E-state index in [1.807, 2.05) is 13.1 Å². The summed E-state index contributed by atoms with van der Waals surface area (Å²) in [4.78, 5) is 4.23. The van der Waals surface area contributed by atoms with Crippen LogP contribution in [0.25, 0.3) is 0 Å². The number of imidazole rings is 1. The third-order valence-corrected chi connectivity index (χ3v) is 2.00. The second-order valence-electron chi connectivity index (χ2n) is 3.24. The Hall–Kier alpha value is -1.03. The highest BCUT2D eigenvalue weighted by molar-refractivity contribution is 5.27. The number of hydrogen-bond donors (Lipinski definition) is 1. The van der Waals surface area contributed by atoms with Crippen LogP contribution in [0.15, 0.2) is 12.4 Å². The topological polar surface area (TPSA) is 39.1 Å². The fraction of sp³-hybridized carbons (Fsp3) is 0.700. The molecule has 0 fully saturated rings. The van der Waals surface area contributed by atoms with Gasteiger partial charge in [0.2, 0.25) is 5.95 Å². The van der Waals surface area contributed by atoms with E-state index in [9.17, 15) is 0 Å². The first-order chi connectivity index (χ1) is 6.77. The van der Waals surface area contributed by atoms with Crippen LogP contribution in [0.4, 0.5) is 5.95 Å². The molecule has 1 N–H and O–H groups in total. The molecule has 1 rings (SSSR count). The second kappa shape index (κ2) is 5.65. The highest BCUT2D eigenvalue weighted by atomic mass is 16.5. The van der Waals surface area contributed by atoms with Gasteiger partial charge in [-0.05, 0) is 20.8 Å². The highest BCUT2D eigenvalue weighted by Crippen LogP contribution is 2.05. The van der Waals surface area contributed by atoms with Gasteiger partial charge in [-0.2, -0.15) is 0 Å². The van der Waals surface area contributed by atoms with E-state index < -0.39 is 0 Å². The quantitative estimate of drug-likeness (QED) is 0.755. The lowest BCUT2D eigenvalue weighted by molar-refractivity contribution is 0.141. The fourth-order valence-corrected chi connectivity index (χ4v) is 1.26. The van der Waals surface area contributed by atoms with Gasteiger partial charge in [-0.15, -0.1) is 0 Å².